The van der Waals surface area contributed by atoms with Crippen LogP contribution < -0.4 is 5.32 Å². The molecule has 0 bridgehead atoms. The van der Waals surface area contributed by atoms with Gasteiger partial charge in [-0.15, -0.1) is 0 Å². The van der Waals surface area contributed by atoms with Crippen LogP contribution in [0.1, 0.15) is 12.0 Å². The van der Waals surface area contributed by atoms with Crippen LogP contribution in [0.15, 0.2) is 24.3 Å². The van der Waals surface area contributed by atoms with Gasteiger partial charge in [0.25, 0.3) is 0 Å². The zero-order chi connectivity index (χ0) is 11.8. The summed E-state index contributed by atoms with van der Waals surface area (Å²) in [7, 11) is 1.57. The molecular weight excluding hydrogens is 206 g/mol. The summed E-state index contributed by atoms with van der Waals surface area (Å²) in [5, 5.41) is 22.0. The average molecular weight is 225 g/mol. The maximum atomic E-state index is 9.49. The lowest BCUT2D eigenvalue weighted by Gasteiger charge is -2.10. The van der Waals surface area contributed by atoms with Crippen molar-refractivity contribution in [2.24, 2.45) is 0 Å². The van der Waals surface area contributed by atoms with Gasteiger partial charge in [0.15, 0.2) is 0 Å². The summed E-state index contributed by atoms with van der Waals surface area (Å²) < 4.78 is 4.82. The molecule has 0 aromatic heterocycles. The van der Waals surface area contributed by atoms with Crippen molar-refractivity contribution in [3.63, 3.8) is 0 Å². The van der Waals surface area contributed by atoms with Crippen LogP contribution in [0.4, 0.5) is 0 Å². The molecule has 1 aromatic rings. The van der Waals surface area contributed by atoms with Crippen LogP contribution in [-0.2, 0) is 11.3 Å². The van der Waals surface area contributed by atoms with E-state index in [0.29, 0.717) is 31.9 Å². The standard InChI is InChI=1S/C12H19NO3/c1-16-9-11(14)6-7-13-8-10-4-2-3-5-12(10)15/h2-5,11,13-15H,6-9H2,1H3. The fraction of sp³-hybridized carbons (Fsp3) is 0.500. The Morgan fingerprint density at radius 2 is 2.12 bits per heavy atom. The van der Waals surface area contributed by atoms with Crippen molar-refractivity contribution in [2.75, 3.05) is 20.3 Å². The number of aliphatic hydroxyl groups excluding tert-OH is 1. The molecule has 0 aliphatic heterocycles. The fourth-order valence-corrected chi connectivity index (χ4v) is 1.43. The Bertz CT molecular complexity index is 304. The smallest absolute Gasteiger partial charge is 0.120 e. The third-order valence-electron chi connectivity index (χ3n) is 2.32. The van der Waals surface area contributed by atoms with Gasteiger partial charge in [-0.2, -0.15) is 0 Å². The third-order valence-corrected chi connectivity index (χ3v) is 2.32. The molecule has 0 aliphatic rings. The van der Waals surface area contributed by atoms with Crippen molar-refractivity contribution in [1.82, 2.24) is 5.32 Å². The second kappa shape index (κ2) is 7.22. The number of benzene rings is 1. The molecule has 0 aliphatic carbocycles. The molecule has 0 saturated heterocycles. The number of aliphatic hydroxyl groups is 1. The van der Waals surface area contributed by atoms with Crippen LogP contribution in [0, 0.1) is 0 Å². The van der Waals surface area contributed by atoms with E-state index >= 15 is 0 Å². The van der Waals surface area contributed by atoms with Crippen molar-refractivity contribution >= 4 is 0 Å². The highest BCUT2D eigenvalue weighted by Gasteiger charge is 2.03. The summed E-state index contributed by atoms with van der Waals surface area (Å²) in [4.78, 5) is 0. The Morgan fingerprint density at radius 3 is 2.81 bits per heavy atom. The molecule has 0 radical (unpaired) electrons. The van der Waals surface area contributed by atoms with Crippen molar-refractivity contribution in [3.8, 4) is 5.75 Å². The molecule has 4 nitrogen and oxygen atoms in total. The van der Waals surface area contributed by atoms with E-state index in [9.17, 15) is 10.2 Å². The summed E-state index contributed by atoms with van der Waals surface area (Å²) in [6.45, 7) is 1.66. The van der Waals surface area contributed by atoms with Gasteiger partial charge >= 0.3 is 0 Å². The van der Waals surface area contributed by atoms with Gasteiger partial charge in [0.1, 0.15) is 5.75 Å². The zero-order valence-electron chi connectivity index (χ0n) is 9.52. The van der Waals surface area contributed by atoms with E-state index in [2.05, 4.69) is 5.32 Å². The zero-order valence-corrected chi connectivity index (χ0v) is 9.52. The Hall–Kier alpha value is -1.10. The molecule has 0 amide bonds. The lowest BCUT2D eigenvalue weighted by molar-refractivity contribution is 0.0594. The van der Waals surface area contributed by atoms with Gasteiger partial charge in [0, 0.05) is 19.2 Å². The number of rotatable bonds is 7. The monoisotopic (exact) mass is 225 g/mol. The Kier molecular flexibility index (Phi) is 5.85. The second-order valence-corrected chi connectivity index (χ2v) is 3.70. The summed E-state index contributed by atoms with van der Waals surface area (Å²) in [6, 6.07) is 7.21. The molecule has 0 saturated carbocycles. The Morgan fingerprint density at radius 1 is 1.38 bits per heavy atom. The van der Waals surface area contributed by atoms with E-state index in [4.69, 9.17) is 4.74 Å². The minimum absolute atomic E-state index is 0.299. The van der Waals surface area contributed by atoms with Crippen LogP contribution in [-0.4, -0.2) is 36.6 Å². The number of hydrogen-bond acceptors (Lipinski definition) is 4. The first-order valence-corrected chi connectivity index (χ1v) is 5.38. The Balaban J connectivity index is 2.19. The van der Waals surface area contributed by atoms with Crippen molar-refractivity contribution in [2.45, 2.75) is 19.1 Å². The van der Waals surface area contributed by atoms with E-state index in [1.807, 2.05) is 12.1 Å². The molecule has 0 fully saturated rings. The first-order chi connectivity index (χ1) is 7.74. The second-order valence-electron chi connectivity index (χ2n) is 3.70. The number of ether oxygens (including phenoxy) is 1. The third kappa shape index (κ3) is 4.61. The molecule has 0 spiro atoms. The maximum absolute atomic E-state index is 9.49. The topological polar surface area (TPSA) is 61.7 Å². The molecule has 1 rings (SSSR count). The van der Waals surface area contributed by atoms with Gasteiger partial charge in [-0.05, 0) is 19.0 Å². The number of aromatic hydroxyl groups is 1. The van der Waals surface area contributed by atoms with Crippen molar-refractivity contribution < 1.29 is 14.9 Å². The molecule has 16 heavy (non-hydrogen) atoms. The molecular formula is C12H19NO3. The number of methoxy groups -OCH3 is 1. The van der Waals surface area contributed by atoms with Crippen molar-refractivity contribution in [1.29, 1.82) is 0 Å². The lowest BCUT2D eigenvalue weighted by Crippen LogP contribution is -2.23. The molecule has 1 atom stereocenters. The van der Waals surface area contributed by atoms with Crippen LogP contribution in [0.5, 0.6) is 5.75 Å². The van der Waals surface area contributed by atoms with Crippen LogP contribution >= 0.6 is 0 Å². The molecule has 0 heterocycles. The number of para-hydroxylation sites is 1. The molecule has 4 heteroatoms. The van der Waals surface area contributed by atoms with Gasteiger partial charge in [-0.1, -0.05) is 18.2 Å². The van der Waals surface area contributed by atoms with Gasteiger partial charge in [-0.3, -0.25) is 0 Å². The molecule has 90 valence electrons. The van der Waals surface area contributed by atoms with E-state index in [1.54, 1.807) is 19.2 Å². The van der Waals surface area contributed by atoms with Crippen LogP contribution in [0.25, 0.3) is 0 Å². The SMILES string of the molecule is COCC(O)CCNCc1ccccc1O. The van der Waals surface area contributed by atoms with Gasteiger partial charge < -0.3 is 20.3 Å². The summed E-state index contributed by atoms with van der Waals surface area (Å²) in [5.74, 6) is 0.299. The molecule has 1 unspecified atom stereocenters. The van der Waals surface area contributed by atoms with E-state index < -0.39 is 6.10 Å². The average Bonchev–Trinajstić information content (AvgIpc) is 2.27. The van der Waals surface area contributed by atoms with Gasteiger partial charge in [0.05, 0.1) is 12.7 Å². The quantitative estimate of drug-likeness (QED) is 0.603. The van der Waals surface area contributed by atoms with E-state index in [0.717, 1.165) is 5.56 Å². The number of phenols is 1. The summed E-state index contributed by atoms with van der Waals surface area (Å²) in [6.07, 6.45) is 0.211. The van der Waals surface area contributed by atoms with E-state index in [1.165, 1.54) is 0 Å². The highest BCUT2D eigenvalue weighted by atomic mass is 16.5. The number of nitrogens with one attached hydrogen (secondary N) is 1. The fourth-order valence-electron chi connectivity index (χ4n) is 1.43. The minimum atomic E-state index is -0.429. The highest BCUT2D eigenvalue weighted by Crippen LogP contribution is 2.14. The van der Waals surface area contributed by atoms with Crippen LogP contribution in [0.3, 0.4) is 0 Å². The maximum Gasteiger partial charge on any atom is 0.120 e. The predicted molar refractivity (Wildman–Crippen MR) is 62.3 cm³/mol. The largest absolute Gasteiger partial charge is 0.508 e. The lowest BCUT2D eigenvalue weighted by atomic mass is 10.2. The number of hydrogen-bond donors (Lipinski definition) is 3. The number of phenolic OH excluding ortho intramolecular Hbond substituents is 1. The first kappa shape index (κ1) is 13.0. The van der Waals surface area contributed by atoms with Gasteiger partial charge in [-0.25, -0.2) is 0 Å². The summed E-state index contributed by atoms with van der Waals surface area (Å²) in [5.41, 5.74) is 0.865. The highest BCUT2D eigenvalue weighted by molar-refractivity contribution is 5.31. The predicted octanol–water partition coefficient (Wildman–Crippen LogP) is 0.879. The van der Waals surface area contributed by atoms with Gasteiger partial charge in [0.2, 0.25) is 0 Å². The summed E-state index contributed by atoms with van der Waals surface area (Å²) >= 11 is 0. The van der Waals surface area contributed by atoms with Crippen LogP contribution in [0.2, 0.25) is 0 Å². The molecule has 3 N–H and O–H groups in total. The minimum Gasteiger partial charge on any atom is -0.508 e. The van der Waals surface area contributed by atoms with E-state index in [-0.39, 0.29) is 0 Å². The first-order valence-electron chi connectivity index (χ1n) is 5.38. The van der Waals surface area contributed by atoms with Crippen molar-refractivity contribution in [3.05, 3.63) is 29.8 Å². The molecule has 1 aromatic carbocycles. The normalized spacial score (nSPS) is 12.6. The Labute approximate surface area is 95.9 Å².